The lowest BCUT2D eigenvalue weighted by Crippen LogP contribution is -2.33. The van der Waals surface area contributed by atoms with E-state index in [1.807, 2.05) is 7.05 Å². The number of halogens is 1. The minimum atomic E-state index is -0.512. The molecule has 0 bridgehead atoms. The summed E-state index contributed by atoms with van der Waals surface area (Å²) < 4.78 is 1.59. The molecule has 1 aromatic heterocycles. The number of aliphatic hydroxyl groups excluding tert-OH is 1. The number of rotatable bonds is 1. The van der Waals surface area contributed by atoms with Crippen LogP contribution in [0.2, 0.25) is 5.02 Å². The maximum absolute atomic E-state index is 12.5. The topological polar surface area (TPSA) is 58.4 Å². The van der Waals surface area contributed by atoms with Crippen molar-refractivity contribution in [3.63, 3.8) is 0 Å². The highest BCUT2D eigenvalue weighted by Crippen LogP contribution is 2.31. The number of nitrogens with zero attached hydrogens (tertiary/aromatic N) is 3. The molecule has 0 radical (unpaired) electrons. The number of fused-ring (bicyclic) bond motifs is 1. The minimum absolute atomic E-state index is 0.120. The molecule has 106 valence electrons. The second-order valence-electron chi connectivity index (χ2n) is 5.23. The van der Waals surface area contributed by atoms with E-state index in [9.17, 15) is 9.90 Å². The van der Waals surface area contributed by atoms with Crippen LogP contribution in [0.4, 0.5) is 0 Å². The van der Waals surface area contributed by atoms with Gasteiger partial charge >= 0.3 is 0 Å². The van der Waals surface area contributed by atoms with Crippen LogP contribution in [0.15, 0.2) is 23.0 Å². The quantitative estimate of drug-likeness (QED) is 0.869. The molecule has 1 saturated heterocycles. The van der Waals surface area contributed by atoms with Gasteiger partial charge in [-0.25, -0.2) is 4.98 Å². The molecule has 1 aromatic carbocycles. The maximum atomic E-state index is 12.5. The molecule has 2 unspecified atom stereocenters. The number of aromatic nitrogens is 2. The Balaban J connectivity index is 2.21. The molecule has 0 aliphatic carbocycles. The van der Waals surface area contributed by atoms with Crippen molar-refractivity contribution in [3.8, 4) is 0 Å². The Hall–Kier alpha value is -1.43. The first kappa shape index (κ1) is 13.5. The van der Waals surface area contributed by atoms with Gasteiger partial charge in [-0.3, -0.25) is 9.69 Å². The van der Waals surface area contributed by atoms with Crippen LogP contribution in [0.25, 0.3) is 11.0 Å². The first-order valence-corrected chi connectivity index (χ1v) is 6.93. The highest BCUT2D eigenvalue weighted by molar-refractivity contribution is 6.31. The average molecular weight is 294 g/mol. The molecule has 0 spiro atoms. The molecule has 1 fully saturated rings. The zero-order valence-electron chi connectivity index (χ0n) is 11.4. The van der Waals surface area contributed by atoms with Crippen molar-refractivity contribution in [2.75, 3.05) is 7.05 Å². The van der Waals surface area contributed by atoms with Gasteiger partial charge < -0.3 is 9.67 Å². The lowest BCUT2D eigenvalue weighted by atomic mass is 10.1. The highest BCUT2D eigenvalue weighted by atomic mass is 35.5. The number of aliphatic hydroxyl groups is 1. The monoisotopic (exact) mass is 293 g/mol. The second-order valence-corrected chi connectivity index (χ2v) is 5.67. The van der Waals surface area contributed by atoms with Crippen LogP contribution in [0, 0.1) is 0 Å². The Bertz CT molecular complexity index is 728. The molecule has 0 saturated carbocycles. The van der Waals surface area contributed by atoms with Gasteiger partial charge in [0.15, 0.2) is 0 Å². The Morgan fingerprint density at radius 3 is 2.75 bits per heavy atom. The zero-order valence-corrected chi connectivity index (χ0v) is 12.1. The number of likely N-dealkylation sites (tertiary alicyclic amines) is 1. The van der Waals surface area contributed by atoms with Crippen LogP contribution in [-0.2, 0) is 7.05 Å². The van der Waals surface area contributed by atoms with E-state index in [2.05, 4.69) is 4.98 Å². The molecule has 1 N–H and O–H groups in total. The van der Waals surface area contributed by atoms with Crippen LogP contribution in [0.1, 0.15) is 24.6 Å². The summed E-state index contributed by atoms with van der Waals surface area (Å²) in [6, 6.07) is 5.15. The molecule has 20 heavy (non-hydrogen) atoms. The molecule has 1 aliphatic heterocycles. The first-order valence-electron chi connectivity index (χ1n) is 6.55. The molecule has 2 heterocycles. The molecule has 3 rings (SSSR count). The van der Waals surface area contributed by atoms with Gasteiger partial charge in [-0.15, -0.1) is 0 Å². The summed E-state index contributed by atoms with van der Waals surface area (Å²) in [5.41, 5.74) is 1.81. The second kappa shape index (κ2) is 4.84. The Morgan fingerprint density at radius 1 is 1.35 bits per heavy atom. The molecule has 1 aliphatic rings. The summed E-state index contributed by atoms with van der Waals surface area (Å²) in [5, 5.41) is 10.4. The fraction of sp³-hybridized carbons (Fsp3) is 0.429. The van der Waals surface area contributed by atoms with E-state index in [1.165, 1.54) is 0 Å². The predicted octanol–water partition coefficient (Wildman–Crippen LogP) is 1.67. The van der Waals surface area contributed by atoms with Crippen molar-refractivity contribution >= 4 is 22.6 Å². The summed E-state index contributed by atoms with van der Waals surface area (Å²) >= 11 is 6.00. The highest BCUT2D eigenvalue weighted by Gasteiger charge is 2.33. The SMILES string of the molecule is CN1C(O)CCC1c1nc2cc(Cl)ccc2n(C)c1=O. The number of benzene rings is 1. The molecule has 0 amide bonds. The van der Waals surface area contributed by atoms with Gasteiger partial charge in [-0.1, -0.05) is 11.6 Å². The molecule has 6 heteroatoms. The fourth-order valence-corrected chi connectivity index (χ4v) is 2.96. The van der Waals surface area contributed by atoms with Crippen molar-refractivity contribution < 1.29 is 5.11 Å². The lowest BCUT2D eigenvalue weighted by Gasteiger charge is -2.22. The third-order valence-electron chi connectivity index (χ3n) is 4.04. The van der Waals surface area contributed by atoms with Crippen molar-refractivity contribution in [3.05, 3.63) is 39.3 Å². The van der Waals surface area contributed by atoms with E-state index in [0.717, 1.165) is 11.9 Å². The minimum Gasteiger partial charge on any atom is -0.378 e. The Labute approximate surface area is 121 Å². The number of hydrogen-bond donors (Lipinski definition) is 1. The van der Waals surface area contributed by atoms with E-state index in [1.54, 1.807) is 34.7 Å². The first-order chi connectivity index (χ1) is 9.49. The maximum Gasteiger partial charge on any atom is 0.274 e. The van der Waals surface area contributed by atoms with Gasteiger partial charge in [0.2, 0.25) is 0 Å². The smallest absolute Gasteiger partial charge is 0.274 e. The van der Waals surface area contributed by atoms with E-state index in [4.69, 9.17) is 11.6 Å². The lowest BCUT2D eigenvalue weighted by molar-refractivity contribution is 0.0363. The van der Waals surface area contributed by atoms with E-state index in [0.29, 0.717) is 22.7 Å². The molecule has 5 nitrogen and oxygen atoms in total. The van der Waals surface area contributed by atoms with Gasteiger partial charge in [-0.05, 0) is 38.1 Å². The predicted molar refractivity (Wildman–Crippen MR) is 77.7 cm³/mol. The van der Waals surface area contributed by atoms with Crippen LogP contribution in [0.3, 0.4) is 0 Å². The van der Waals surface area contributed by atoms with Crippen molar-refractivity contribution in [2.45, 2.75) is 25.1 Å². The van der Waals surface area contributed by atoms with Crippen LogP contribution < -0.4 is 5.56 Å². The van der Waals surface area contributed by atoms with E-state index >= 15 is 0 Å². The summed E-state index contributed by atoms with van der Waals surface area (Å²) in [6.07, 6.45) is 0.868. The number of aryl methyl sites for hydroxylation is 1. The largest absolute Gasteiger partial charge is 0.378 e. The molecular formula is C14H16ClN3O2. The van der Waals surface area contributed by atoms with Gasteiger partial charge in [0, 0.05) is 12.1 Å². The standard InChI is InChI=1S/C14H16ClN3O2/c1-17-11(5-6-12(17)19)13-14(20)18(2)10-4-3-8(15)7-9(10)16-13/h3-4,7,11-12,19H,5-6H2,1-2H3. The average Bonchev–Trinajstić information content (AvgIpc) is 2.74. The van der Waals surface area contributed by atoms with Crippen molar-refractivity contribution in [2.24, 2.45) is 7.05 Å². The zero-order chi connectivity index (χ0) is 14.4. The normalized spacial score (nSPS) is 23.6. The van der Waals surface area contributed by atoms with Gasteiger partial charge in [0.05, 0.1) is 17.1 Å². The number of hydrogen-bond acceptors (Lipinski definition) is 4. The Morgan fingerprint density at radius 2 is 2.10 bits per heavy atom. The van der Waals surface area contributed by atoms with Gasteiger partial charge in [0.25, 0.3) is 5.56 Å². The summed E-state index contributed by atoms with van der Waals surface area (Å²) in [6.45, 7) is 0. The van der Waals surface area contributed by atoms with Crippen molar-refractivity contribution in [1.29, 1.82) is 0 Å². The third kappa shape index (κ3) is 2.02. The summed E-state index contributed by atoms with van der Waals surface area (Å²) in [7, 11) is 3.54. The summed E-state index contributed by atoms with van der Waals surface area (Å²) in [4.78, 5) is 18.8. The van der Waals surface area contributed by atoms with E-state index in [-0.39, 0.29) is 11.6 Å². The summed E-state index contributed by atoms with van der Waals surface area (Å²) in [5.74, 6) is 0. The van der Waals surface area contributed by atoms with Crippen LogP contribution in [0.5, 0.6) is 0 Å². The van der Waals surface area contributed by atoms with Crippen LogP contribution >= 0.6 is 11.6 Å². The molecular weight excluding hydrogens is 278 g/mol. The van der Waals surface area contributed by atoms with Gasteiger partial charge in [0.1, 0.15) is 11.9 Å². The third-order valence-corrected chi connectivity index (χ3v) is 4.27. The Kier molecular flexibility index (Phi) is 3.28. The fourth-order valence-electron chi connectivity index (χ4n) is 2.80. The van der Waals surface area contributed by atoms with Crippen LogP contribution in [-0.4, -0.2) is 32.8 Å². The van der Waals surface area contributed by atoms with E-state index < -0.39 is 6.23 Å². The molecule has 2 aromatic rings. The van der Waals surface area contributed by atoms with Gasteiger partial charge in [-0.2, -0.15) is 0 Å². The molecule has 2 atom stereocenters. The van der Waals surface area contributed by atoms with Crippen molar-refractivity contribution in [1.82, 2.24) is 14.5 Å².